The first kappa shape index (κ1) is 17.3. The van der Waals surface area contributed by atoms with Crippen molar-refractivity contribution in [2.24, 2.45) is 0 Å². The van der Waals surface area contributed by atoms with Crippen LogP contribution in [0.25, 0.3) is 0 Å². The summed E-state index contributed by atoms with van der Waals surface area (Å²) in [7, 11) is -3.81. The van der Waals surface area contributed by atoms with Crippen LogP contribution in [0.15, 0.2) is 45.9 Å². The number of ether oxygens (including phenoxy) is 2. The van der Waals surface area contributed by atoms with Crippen molar-refractivity contribution in [1.29, 1.82) is 0 Å². The third-order valence-electron chi connectivity index (χ3n) is 3.88. The van der Waals surface area contributed by atoms with Crippen molar-refractivity contribution in [3.63, 3.8) is 0 Å². The van der Waals surface area contributed by atoms with Crippen molar-refractivity contribution >= 4 is 15.7 Å². The molecule has 2 heterocycles. The fourth-order valence-corrected chi connectivity index (χ4v) is 4.13. The summed E-state index contributed by atoms with van der Waals surface area (Å²) in [4.78, 5) is 11.7. The molecule has 3 rings (SSSR count). The number of sulfone groups is 1. The molecule has 0 unspecified atom stereocenters. The van der Waals surface area contributed by atoms with E-state index in [0.29, 0.717) is 24.7 Å². The molecule has 0 saturated heterocycles. The largest absolute Gasteiger partial charge is 0.486 e. The Morgan fingerprint density at radius 3 is 2.64 bits per heavy atom. The molecule has 1 aliphatic rings. The Morgan fingerprint density at radius 2 is 1.96 bits per heavy atom. The van der Waals surface area contributed by atoms with E-state index in [9.17, 15) is 13.2 Å². The molecular formula is C17H19NO6S. The summed E-state index contributed by atoms with van der Waals surface area (Å²) in [6, 6.07) is 7.69. The number of benzene rings is 1. The maximum absolute atomic E-state index is 13.1. The molecule has 1 amide bonds. The van der Waals surface area contributed by atoms with E-state index in [-0.39, 0.29) is 29.5 Å². The summed E-state index contributed by atoms with van der Waals surface area (Å²) in [6.07, 6.45) is 1.68. The maximum Gasteiger partial charge on any atom is 0.219 e. The van der Waals surface area contributed by atoms with Crippen LogP contribution in [0.1, 0.15) is 24.4 Å². The third kappa shape index (κ3) is 3.63. The van der Waals surface area contributed by atoms with Gasteiger partial charge in [-0.1, -0.05) is 6.92 Å². The second-order valence-electron chi connectivity index (χ2n) is 5.51. The summed E-state index contributed by atoms with van der Waals surface area (Å²) in [5, 5.41) is 1.60. The summed E-state index contributed by atoms with van der Waals surface area (Å²) in [5.41, 5.74) is 0. The first-order valence-corrected chi connectivity index (χ1v) is 9.50. The van der Waals surface area contributed by atoms with Crippen LogP contribution in [0.4, 0.5) is 0 Å². The van der Waals surface area contributed by atoms with E-state index in [1.807, 2.05) is 0 Å². The second kappa shape index (κ2) is 7.18. The van der Waals surface area contributed by atoms with Crippen molar-refractivity contribution in [1.82, 2.24) is 5.32 Å². The van der Waals surface area contributed by atoms with E-state index in [4.69, 9.17) is 13.9 Å². The van der Waals surface area contributed by atoms with E-state index >= 15 is 0 Å². The highest BCUT2D eigenvalue weighted by Crippen LogP contribution is 2.36. The second-order valence-corrected chi connectivity index (χ2v) is 7.64. The van der Waals surface area contributed by atoms with Gasteiger partial charge in [0.1, 0.15) is 24.2 Å². The van der Waals surface area contributed by atoms with E-state index in [1.54, 1.807) is 25.1 Å². The van der Waals surface area contributed by atoms with Crippen molar-refractivity contribution in [3.05, 3.63) is 42.4 Å². The van der Waals surface area contributed by atoms with Gasteiger partial charge in [-0.25, -0.2) is 8.42 Å². The Bertz CT molecular complexity index is 844. The minimum absolute atomic E-state index is 0.0725. The van der Waals surface area contributed by atoms with Crippen molar-refractivity contribution in [3.8, 4) is 11.5 Å². The number of furan rings is 1. The van der Waals surface area contributed by atoms with Gasteiger partial charge in [-0.05, 0) is 24.3 Å². The maximum atomic E-state index is 13.1. The molecule has 0 saturated carbocycles. The minimum atomic E-state index is -3.81. The first-order valence-electron chi connectivity index (χ1n) is 7.96. The molecule has 134 valence electrons. The Kier molecular flexibility index (Phi) is 4.98. The highest BCUT2D eigenvalue weighted by Gasteiger charge is 2.32. The molecule has 0 bridgehead atoms. The van der Waals surface area contributed by atoms with E-state index in [0.717, 1.165) is 0 Å². The lowest BCUT2D eigenvalue weighted by Gasteiger charge is -2.20. The number of carbonyl (C=O) groups excluding carboxylic acids is 1. The molecule has 0 fully saturated rings. The Hall–Kier alpha value is -2.48. The molecule has 1 aromatic heterocycles. The number of carbonyl (C=O) groups is 1. The van der Waals surface area contributed by atoms with Crippen molar-refractivity contribution in [2.75, 3.05) is 19.8 Å². The summed E-state index contributed by atoms with van der Waals surface area (Å²) in [6.45, 7) is 2.42. The lowest BCUT2D eigenvalue weighted by molar-refractivity contribution is -0.120. The Balaban J connectivity index is 1.94. The lowest BCUT2D eigenvalue weighted by Crippen LogP contribution is -2.31. The minimum Gasteiger partial charge on any atom is -0.486 e. The van der Waals surface area contributed by atoms with Gasteiger partial charge < -0.3 is 19.2 Å². The molecule has 1 N–H and O–H groups in total. The molecule has 0 aliphatic carbocycles. The average Bonchev–Trinajstić information content (AvgIpc) is 3.15. The molecule has 1 aliphatic heterocycles. The van der Waals surface area contributed by atoms with Gasteiger partial charge in [-0.2, -0.15) is 0 Å². The van der Waals surface area contributed by atoms with Gasteiger partial charge in [0.05, 0.1) is 11.2 Å². The van der Waals surface area contributed by atoms with Crippen LogP contribution >= 0.6 is 0 Å². The average molecular weight is 365 g/mol. The molecule has 0 radical (unpaired) electrons. The zero-order chi connectivity index (χ0) is 17.9. The zero-order valence-corrected chi connectivity index (χ0v) is 14.5. The van der Waals surface area contributed by atoms with Gasteiger partial charge in [-0.3, -0.25) is 4.79 Å². The van der Waals surface area contributed by atoms with Crippen LogP contribution in [0.2, 0.25) is 0 Å². The number of nitrogens with one attached hydrogen (secondary N) is 1. The molecule has 1 atom stereocenters. The number of hydrogen-bond acceptors (Lipinski definition) is 6. The fraction of sp³-hybridized carbons (Fsp3) is 0.353. The Labute approximate surface area is 145 Å². The molecule has 0 spiro atoms. The van der Waals surface area contributed by atoms with Crippen LogP contribution in [-0.4, -0.2) is 34.1 Å². The monoisotopic (exact) mass is 365 g/mol. The normalized spacial score (nSPS) is 14.8. The van der Waals surface area contributed by atoms with Crippen LogP contribution in [-0.2, 0) is 14.6 Å². The standard InChI is InChI=1S/C17H19NO6S/c1-2-17(19)18-11-16(14-4-3-7-22-14)25(20,21)12-5-6-13-15(10-12)24-9-8-23-13/h3-7,10,16H,2,8-9,11H2,1H3,(H,18,19)/t16-/m1/s1. The summed E-state index contributed by atoms with van der Waals surface area (Å²) >= 11 is 0. The zero-order valence-electron chi connectivity index (χ0n) is 13.7. The van der Waals surface area contributed by atoms with Gasteiger partial charge in [0.15, 0.2) is 21.3 Å². The number of hydrogen-bond donors (Lipinski definition) is 1. The first-order chi connectivity index (χ1) is 12.0. The Morgan fingerprint density at radius 1 is 1.20 bits per heavy atom. The summed E-state index contributed by atoms with van der Waals surface area (Å²) < 4.78 is 42.4. The molecule has 1 aromatic carbocycles. The van der Waals surface area contributed by atoms with Crippen LogP contribution < -0.4 is 14.8 Å². The third-order valence-corrected chi connectivity index (χ3v) is 5.94. The van der Waals surface area contributed by atoms with E-state index in [1.165, 1.54) is 18.4 Å². The number of amides is 1. The van der Waals surface area contributed by atoms with Gasteiger partial charge >= 0.3 is 0 Å². The van der Waals surface area contributed by atoms with E-state index < -0.39 is 15.1 Å². The van der Waals surface area contributed by atoms with Gasteiger partial charge in [0.2, 0.25) is 5.91 Å². The van der Waals surface area contributed by atoms with Crippen molar-refractivity contribution in [2.45, 2.75) is 23.5 Å². The predicted molar refractivity (Wildman–Crippen MR) is 89.4 cm³/mol. The highest BCUT2D eigenvalue weighted by atomic mass is 32.2. The SMILES string of the molecule is CCC(=O)NC[C@H](c1ccco1)S(=O)(=O)c1ccc2c(c1)OCCO2. The quantitative estimate of drug-likeness (QED) is 0.842. The van der Waals surface area contributed by atoms with Gasteiger partial charge in [0, 0.05) is 19.0 Å². The topological polar surface area (TPSA) is 94.8 Å². The lowest BCUT2D eigenvalue weighted by atomic mass is 10.3. The molecular weight excluding hydrogens is 346 g/mol. The predicted octanol–water partition coefficient (Wildman–Crippen LogP) is 2.09. The smallest absolute Gasteiger partial charge is 0.219 e. The highest BCUT2D eigenvalue weighted by molar-refractivity contribution is 7.91. The van der Waals surface area contributed by atoms with Gasteiger partial charge in [0.25, 0.3) is 0 Å². The molecule has 25 heavy (non-hydrogen) atoms. The molecule has 7 nitrogen and oxygen atoms in total. The van der Waals surface area contributed by atoms with Crippen molar-refractivity contribution < 1.29 is 27.1 Å². The molecule has 2 aromatic rings. The number of rotatable bonds is 6. The van der Waals surface area contributed by atoms with Crippen LogP contribution in [0.3, 0.4) is 0 Å². The van der Waals surface area contributed by atoms with Crippen LogP contribution in [0.5, 0.6) is 11.5 Å². The number of fused-ring (bicyclic) bond motifs is 1. The van der Waals surface area contributed by atoms with Crippen LogP contribution in [0, 0.1) is 0 Å². The van der Waals surface area contributed by atoms with E-state index in [2.05, 4.69) is 5.32 Å². The molecule has 8 heteroatoms. The van der Waals surface area contributed by atoms with Gasteiger partial charge in [-0.15, -0.1) is 0 Å². The fourth-order valence-electron chi connectivity index (χ4n) is 2.53. The summed E-state index contributed by atoms with van der Waals surface area (Å²) in [5.74, 6) is 0.947.